The molecule has 0 bridgehead atoms. The van der Waals surface area contributed by atoms with Crippen LogP contribution < -0.4 is 5.32 Å². The number of piperazine rings is 1. The van der Waals surface area contributed by atoms with Gasteiger partial charge < -0.3 is 10.2 Å². The van der Waals surface area contributed by atoms with Gasteiger partial charge in [0.1, 0.15) is 0 Å². The fraction of sp³-hybridized carbons (Fsp3) is 0.529. The van der Waals surface area contributed by atoms with E-state index >= 15 is 0 Å². The molecule has 1 aromatic carbocycles. The van der Waals surface area contributed by atoms with E-state index in [9.17, 15) is 9.59 Å². The van der Waals surface area contributed by atoms with Gasteiger partial charge in [0.25, 0.3) is 0 Å². The van der Waals surface area contributed by atoms with E-state index in [4.69, 9.17) is 23.2 Å². The quantitative estimate of drug-likeness (QED) is 0.862. The first-order valence-electron chi connectivity index (χ1n) is 8.24. The summed E-state index contributed by atoms with van der Waals surface area (Å²) >= 11 is 11.9. The zero-order valence-corrected chi connectivity index (χ0v) is 14.9. The van der Waals surface area contributed by atoms with Gasteiger partial charge in [0.15, 0.2) is 0 Å². The van der Waals surface area contributed by atoms with Crippen LogP contribution in [0.1, 0.15) is 18.4 Å². The number of amides is 2. The number of benzene rings is 1. The first-order chi connectivity index (χ1) is 11.5. The molecule has 1 saturated carbocycles. The molecular weight excluding hydrogens is 349 g/mol. The molecule has 1 aliphatic carbocycles. The minimum absolute atomic E-state index is 0.0791. The Morgan fingerprint density at radius 3 is 2.42 bits per heavy atom. The van der Waals surface area contributed by atoms with E-state index in [-0.39, 0.29) is 11.8 Å². The number of hydrogen-bond acceptors (Lipinski definition) is 3. The number of carbonyl (C=O) groups excluding carboxylic acids is 2. The molecule has 0 spiro atoms. The van der Waals surface area contributed by atoms with Gasteiger partial charge in [0.05, 0.1) is 23.0 Å². The average molecular weight is 370 g/mol. The Kier molecular flexibility index (Phi) is 5.64. The predicted octanol–water partition coefficient (Wildman–Crippen LogP) is 1.96. The monoisotopic (exact) mass is 369 g/mol. The van der Waals surface area contributed by atoms with Gasteiger partial charge in [-0.15, -0.1) is 0 Å². The van der Waals surface area contributed by atoms with Crippen LogP contribution in [0.2, 0.25) is 10.0 Å². The number of nitrogens with zero attached hydrogens (tertiary/aromatic N) is 2. The largest absolute Gasteiger partial charge is 0.352 e. The van der Waals surface area contributed by atoms with Crippen molar-refractivity contribution < 1.29 is 9.59 Å². The fourth-order valence-electron chi connectivity index (χ4n) is 2.80. The summed E-state index contributed by atoms with van der Waals surface area (Å²) in [7, 11) is 0. The Morgan fingerprint density at radius 1 is 1.08 bits per heavy atom. The lowest BCUT2D eigenvalue weighted by molar-refractivity contribution is -0.132. The lowest BCUT2D eigenvalue weighted by atomic mass is 10.1. The molecule has 1 saturated heterocycles. The molecule has 5 nitrogen and oxygen atoms in total. The van der Waals surface area contributed by atoms with Gasteiger partial charge in [-0.25, -0.2) is 0 Å². The molecule has 3 rings (SSSR count). The second-order valence-electron chi connectivity index (χ2n) is 6.42. The number of rotatable bonds is 5. The van der Waals surface area contributed by atoms with Crippen LogP contribution in [0, 0.1) is 0 Å². The van der Waals surface area contributed by atoms with Gasteiger partial charge >= 0.3 is 0 Å². The van der Waals surface area contributed by atoms with Crippen molar-refractivity contribution in [3.05, 3.63) is 33.8 Å². The molecule has 2 amide bonds. The second-order valence-corrected chi connectivity index (χ2v) is 7.24. The summed E-state index contributed by atoms with van der Waals surface area (Å²) in [6, 6.07) is 5.67. The minimum Gasteiger partial charge on any atom is -0.352 e. The smallest absolute Gasteiger partial charge is 0.234 e. The van der Waals surface area contributed by atoms with Crippen molar-refractivity contribution in [1.82, 2.24) is 15.1 Å². The highest BCUT2D eigenvalue weighted by molar-refractivity contribution is 6.42. The van der Waals surface area contributed by atoms with E-state index in [1.807, 2.05) is 11.0 Å². The Morgan fingerprint density at radius 2 is 1.79 bits per heavy atom. The SMILES string of the molecule is O=C(CN1CCN(C(=O)Cc2ccc(Cl)c(Cl)c2)CC1)NC1CC1. The molecule has 2 fully saturated rings. The maximum absolute atomic E-state index is 12.4. The van der Waals surface area contributed by atoms with E-state index < -0.39 is 0 Å². The van der Waals surface area contributed by atoms with Crippen molar-refractivity contribution in [3.63, 3.8) is 0 Å². The minimum atomic E-state index is 0.0791. The summed E-state index contributed by atoms with van der Waals surface area (Å²) in [5.41, 5.74) is 0.862. The van der Waals surface area contributed by atoms with Crippen LogP contribution in [0.15, 0.2) is 18.2 Å². The van der Waals surface area contributed by atoms with Crippen LogP contribution in [-0.2, 0) is 16.0 Å². The highest BCUT2D eigenvalue weighted by atomic mass is 35.5. The highest BCUT2D eigenvalue weighted by Gasteiger charge is 2.26. The van der Waals surface area contributed by atoms with E-state index in [2.05, 4.69) is 10.2 Å². The van der Waals surface area contributed by atoms with Crippen molar-refractivity contribution in [2.24, 2.45) is 0 Å². The topological polar surface area (TPSA) is 52.7 Å². The Bertz CT molecular complexity index is 626. The van der Waals surface area contributed by atoms with Crippen LogP contribution in [0.25, 0.3) is 0 Å². The van der Waals surface area contributed by atoms with Crippen molar-refractivity contribution in [1.29, 1.82) is 0 Å². The Balaban J connectivity index is 1.44. The second kappa shape index (κ2) is 7.72. The molecule has 7 heteroatoms. The van der Waals surface area contributed by atoms with Crippen LogP contribution in [0.4, 0.5) is 0 Å². The molecule has 0 atom stereocenters. The molecule has 24 heavy (non-hydrogen) atoms. The summed E-state index contributed by atoms with van der Waals surface area (Å²) in [6.45, 7) is 3.18. The van der Waals surface area contributed by atoms with Crippen LogP contribution >= 0.6 is 23.2 Å². The van der Waals surface area contributed by atoms with Crippen molar-refractivity contribution >= 4 is 35.0 Å². The normalized spacial score (nSPS) is 18.5. The van der Waals surface area contributed by atoms with Gasteiger partial charge in [0.2, 0.25) is 11.8 Å². The number of halogens is 2. The first kappa shape index (κ1) is 17.5. The lowest BCUT2D eigenvalue weighted by Gasteiger charge is -2.34. The lowest BCUT2D eigenvalue weighted by Crippen LogP contribution is -2.51. The average Bonchev–Trinajstić information content (AvgIpc) is 3.35. The van der Waals surface area contributed by atoms with Crippen LogP contribution in [0.5, 0.6) is 0 Å². The molecule has 1 aliphatic heterocycles. The zero-order valence-electron chi connectivity index (χ0n) is 13.4. The molecule has 130 valence electrons. The van der Waals surface area contributed by atoms with E-state index in [1.165, 1.54) is 0 Å². The van der Waals surface area contributed by atoms with Gasteiger partial charge in [-0.1, -0.05) is 29.3 Å². The third-order valence-corrected chi connectivity index (χ3v) is 5.11. The van der Waals surface area contributed by atoms with Crippen LogP contribution in [0.3, 0.4) is 0 Å². The molecule has 1 N–H and O–H groups in total. The predicted molar refractivity (Wildman–Crippen MR) is 94.4 cm³/mol. The van der Waals surface area contributed by atoms with E-state index in [0.29, 0.717) is 42.1 Å². The maximum atomic E-state index is 12.4. The van der Waals surface area contributed by atoms with Gasteiger partial charge in [-0.05, 0) is 30.5 Å². The van der Waals surface area contributed by atoms with E-state index in [1.54, 1.807) is 12.1 Å². The Labute approximate surface area is 151 Å². The summed E-state index contributed by atoms with van der Waals surface area (Å²) in [6.07, 6.45) is 2.52. The third kappa shape index (κ3) is 4.85. The molecule has 0 unspecified atom stereocenters. The Hall–Kier alpha value is -1.30. The third-order valence-electron chi connectivity index (χ3n) is 4.37. The van der Waals surface area contributed by atoms with Gasteiger partial charge in [0, 0.05) is 32.2 Å². The van der Waals surface area contributed by atoms with Crippen LogP contribution in [-0.4, -0.2) is 60.4 Å². The zero-order chi connectivity index (χ0) is 17.1. The number of nitrogens with one attached hydrogen (secondary N) is 1. The summed E-state index contributed by atoms with van der Waals surface area (Å²) in [5.74, 6) is 0.170. The van der Waals surface area contributed by atoms with Gasteiger partial charge in [-0.3, -0.25) is 14.5 Å². The molecular formula is C17H21Cl2N3O2. The van der Waals surface area contributed by atoms with Crippen molar-refractivity contribution in [3.8, 4) is 0 Å². The molecule has 1 heterocycles. The molecule has 2 aliphatic rings. The van der Waals surface area contributed by atoms with Crippen molar-refractivity contribution in [2.75, 3.05) is 32.7 Å². The van der Waals surface area contributed by atoms with E-state index in [0.717, 1.165) is 31.5 Å². The standard InChI is InChI=1S/C17H21Cl2N3O2/c18-14-4-1-12(9-15(14)19)10-17(24)22-7-5-21(6-8-22)11-16(23)20-13-2-3-13/h1,4,9,13H,2-3,5-8,10-11H2,(H,20,23). The first-order valence-corrected chi connectivity index (χ1v) is 9.00. The number of hydrogen-bond donors (Lipinski definition) is 1. The highest BCUT2D eigenvalue weighted by Crippen LogP contribution is 2.23. The summed E-state index contributed by atoms with van der Waals surface area (Å²) in [5, 5.41) is 3.95. The number of carbonyl (C=O) groups is 2. The summed E-state index contributed by atoms with van der Waals surface area (Å²) < 4.78 is 0. The van der Waals surface area contributed by atoms with Crippen molar-refractivity contribution in [2.45, 2.75) is 25.3 Å². The summed E-state index contributed by atoms with van der Waals surface area (Å²) in [4.78, 5) is 28.2. The maximum Gasteiger partial charge on any atom is 0.234 e. The molecule has 1 aromatic rings. The fourth-order valence-corrected chi connectivity index (χ4v) is 3.12. The molecule has 0 aromatic heterocycles. The van der Waals surface area contributed by atoms with Gasteiger partial charge in [-0.2, -0.15) is 0 Å². The molecule has 0 radical (unpaired) electrons.